The molecule has 0 aromatic heterocycles. The topological polar surface area (TPSA) is 80.9 Å². The summed E-state index contributed by atoms with van der Waals surface area (Å²) in [5.74, 6) is 0.138. The molecule has 0 spiro atoms. The molecule has 0 aliphatic rings. The van der Waals surface area contributed by atoms with Gasteiger partial charge in [-0.15, -0.1) is 0 Å². The van der Waals surface area contributed by atoms with E-state index >= 15 is 0 Å². The van der Waals surface area contributed by atoms with Crippen molar-refractivity contribution in [2.24, 2.45) is 0 Å². The smallest absolute Gasteiger partial charge is 0.119 e. The average molecular weight is 240 g/mol. The molecular weight excluding hydrogens is 228 g/mol. The predicted octanol–water partition coefficient (Wildman–Crippen LogP) is 3.44. The lowest BCUT2D eigenvalue weighted by atomic mass is 10.1. The highest BCUT2D eigenvalue weighted by Crippen LogP contribution is 2.44. The van der Waals surface area contributed by atoms with Gasteiger partial charge in [0, 0.05) is 0 Å². The summed E-state index contributed by atoms with van der Waals surface area (Å²) in [4.78, 5) is 0.0497. The first-order valence-electron chi connectivity index (χ1n) is 4.62. The monoisotopic (exact) mass is 240 g/mol. The molecule has 0 bridgehead atoms. The summed E-state index contributed by atoms with van der Waals surface area (Å²) in [5.41, 5.74) is 0.642. The van der Waals surface area contributed by atoms with Crippen molar-refractivity contribution >= 4 is 21.6 Å². The van der Waals surface area contributed by atoms with E-state index < -0.39 is 10.9 Å². The fourth-order valence-electron chi connectivity index (χ4n) is 1.61. The van der Waals surface area contributed by atoms with Gasteiger partial charge in [0.05, 0.1) is 4.90 Å². The molecule has 86 valence electrons. The Morgan fingerprint density at radius 2 is 1.62 bits per heavy atom. The Labute approximate surface area is 94.3 Å². The zero-order valence-corrected chi connectivity index (χ0v) is 9.40. The van der Waals surface area contributed by atoms with Crippen molar-refractivity contribution in [3.8, 4) is 5.75 Å². The van der Waals surface area contributed by atoms with E-state index in [0.29, 0.717) is 10.9 Å². The molecule has 0 unspecified atom stereocenters. The molecule has 0 atom stereocenters. The summed E-state index contributed by atoms with van der Waals surface area (Å²) in [5, 5.41) is 11.1. The van der Waals surface area contributed by atoms with Gasteiger partial charge in [0.2, 0.25) is 0 Å². The standard InChI is InChI=1S/C11H12O4S/c1-7-10-6-9(16(13,14)15)4-2-8(10)3-5-11(7)12/h2-6,12-15H,1H3. The van der Waals surface area contributed by atoms with Gasteiger partial charge in [0.15, 0.2) is 0 Å². The van der Waals surface area contributed by atoms with Crippen LogP contribution in [0.15, 0.2) is 35.2 Å². The third-order valence-electron chi connectivity index (χ3n) is 2.55. The molecule has 0 aliphatic carbocycles. The minimum absolute atomic E-state index is 0.0497. The number of rotatable bonds is 1. The second kappa shape index (κ2) is 3.64. The van der Waals surface area contributed by atoms with Crippen LogP contribution in [0.2, 0.25) is 0 Å². The molecule has 2 rings (SSSR count). The van der Waals surface area contributed by atoms with Crippen molar-refractivity contribution in [1.82, 2.24) is 0 Å². The van der Waals surface area contributed by atoms with Crippen LogP contribution in [0.3, 0.4) is 0 Å². The van der Waals surface area contributed by atoms with Crippen LogP contribution in [0.4, 0.5) is 0 Å². The molecule has 2 aromatic carbocycles. The highest BCUT2D eigenvalue weighted by molar-refractivity contribution is 8.19. The van der Waals surface area contributed by atoms with Crippen molar-refractivity contribution in [3.05, 3.63) is 35.9 Å². The number of fused-ring (bicyclic) bond motifs is 1. The number of phenolic OH excluding ortho intramolecular Hbond substituents is 1. The Hall–Kier alpha value is -1.27. The van der Waals surface area contributed by atoms with Crippen LogP contribution in [-0.2, 0) is 0 Å². The maximum atomic E-state index is 9.53. The highest BCUT2D eigenvalue weighted by Gasteiger charge is 2.16. The van der Waals surface area contributed by atoms with E-state index in [1.54, 1.807) is 25.1 Å². The van der Waals surface area contributed by atoms with Crippen molar-refractivity contribution in [2.75, 3.05) is 0 Å². The van der Waals surface area contributed by atoms with Crippen LogP contribution >= 0.6 is 10.9 Å². The molecule has 2 aromatic rings. The first-order chi connectivity index (χ1) is 7.39. The van der Waals surface area contributed by atoms with Gasteiger partial charge >= 0.3 is 0 Å². The Kier molecular flexibility index (Phi) is 2.55. The molecule has 5 heteroatoms. The quantitative estimate of drug-likeness (QED) is 0.615. The number of hydrogen-bond acceptors (Lipinski definition) is 4. The summed E-state index contributed by atoms with van der Waals surface area (Å²) in [6.45, 7) is 1.73. The van der Waals surface area contributed by atoms with E-state index in [1.807, 2.05) is 0 Å². The molecule has 16 heavy (non-hydrogen) atoms. The van der Waals surface area contributed by atoms with Gasteiger partial charge in [-0.2, -0.15) is 0 Å². The number of benzene rings is 2. The van der Waals surface area contributed by atoms with E-state index in [-0.39, 0.29) is 10.6 Å². The Bertz CT molecular complexity index is 545. The molecule has 0 heterocycles. The SMILES string of the molecule is Cc1c(O)ccc2ccc(S(O)(O)O)cc12. The minimum atomic E-state index is -3.71. The zero-order chi connectivity index (χ0) is 11.9. The minimum Gasteiger partial charge on any atom is -0.508 e. The van der Waals surface area contributed by atoms with Crippen LogP contribution in [0.5, 0.6) is 5.75 Å². The Balaban J connectivity index is 2.74. The van der Waals surface area contributed by atoms with Gasteiger partial charge in [-0.25, -0.2) is 0 Å². The second-order valence-corrected chi connectivity index (χ2v) is 5.12. The summed E-state index contributed by atoms with van der Waals surface area (Å²) < 4.78 is 27.4. The number of phenols is 1. The van der Waals surface area contributed by atoms with Gasteiger partial charge in [-0.05, 0) is 41.5 Å². The first kappa shape index (κ1) is 11.2. The van der Waals surface area contributed by atoms with Gasteiger partial charge in [0.1, 0.15) is 16.6 Å². The lowest BCUT2D eigenvalue weighted by Gasteiger charge is -2.19. The van der Waals surface area contributed by atoms with E-state index in [0.717, 1.165) is 5.39 Å². The van der Waals surface area contributed by atoms with Crippen LogP contribution in [-0.4, -0.2) is 18.8 Å². The van der Waals surface area contributed by atoms with E-state index in [2.05, 4.69) is 0 Å². The van der Waals surface area contributed by atoms with Gasteiger partial charge in [-0.1, -0.05) is 12.1 Å². The fraction of sp³-hybridized carbons (Fsp3) is 0.0909. The summed E-state index contributed by atoms with van der Waals surface area (Å²) >= 11 is 0. The molecule has 0 radical (unpaired) electrons. The molecule has 0 aliphatic heterocycles. The first-order valence-corrected chi connectivity index (χ1v) is 6.13. The van der Waals surface area contributed by atoms with Crippen molar-refractivity contribution in [3.63, 3.8) is 0 Å². The summed E-state index contributed by atoms with van der Waals surface area (Å²) in [6.07, 6.45) is 0. The molecule has 0 fully saturated rings. The van der Waals surface area contributed by atoms with E-state index in [4.69, 9.17) is 13.7 Å². The maximum absolute atomic E-state index is 9.53. The Morgan fingerprint density at radius 3 is 2.25 bits per heavy atom. The van der Waals surface area contributed by atoms with Crippen molar-refractivity contribution in [2.45, 2.75) is 11.8 Å². The van der Waals surface area contributed by atoms with Crippen LogP contribution in [0, 0.1) is 6.92 Å². The van der Waals surface area contributed by atoms with Crippen LogP contribution in [0.25, 0.3) is 10.8 Å². The molecule has 0 amide bonds. The normalized spacial score (nSPS) is 13.0. The van der Waals surface area contributed by atoms with Crippen molar-refractivity contribution in [1.29, 1.82) is 0 Å². The summed E-state index contributed by atoms with van der Waals surface area (Å²) in [7, 11) is -3.71. The lowest BCUT2D eigenvalue weighted by Crippen LogP contribution is -1.95. The van der Waals surface area contributed by atoms with Gasteiger partial charge in [0.25, 0.3) is 0 Å². The maximum Gasteiger partial charge on any atom is 0.119 e. The number of aryl methyl sites for hydroxylation is 1. The second-order valence-electron chi connectivity index (χ2n) is 3.61. The number of aromatic hydroxyl groups is 1. The predicted molar refractivity (Wildman–Crippen MR) is 64.1 cm³/mol. The third-order valence-corrected chi connectivity index (χ3v) is 3.44. The van der Waals surface area contributed by atoms with Crippen LogP contribution in [0.1, 0.15) is 5.56 Å². The van der Waals surface area contributed by atoms with E-state index in [1.165, 1.54) is 12.1 Å². The largest absolute Gasteiger partial charge is 0.508 e. The molecule has 4 nitrogen and oxygen atoms in total. The van der Waals surface area contributed by atoms with Gasteiger partial charge < -0.3 is 18.8 Å². The molecular formula is C11H12O4S. The zero-order valence-electron chi connectivity index (χ0n) is 8.58. The average Bonchev–Trinajstić information content (AvgIpc) is 2.22. The lowest BCUT2D eigenvalue weighted by molar-refractivity contribution is 0.376. The fourth-order valence-corrected chi connectivity index (χ4v) is 2.13. The number of hydrogen-bond donors (Lipinski definition) is 4. The summed E-state index contributed by atoms with van der Waals surface area (Å²) in [6, 6.07) is 7.90. The molecule has 0 saturated carbocycles. The molecule has 0 saturated heterocycles. The molecule has 4 N–H and O–H groups in total. The van der Waals surface area contributed by atoms with Crippen molar-refractivity contribution < 1.29 is 18.8 Å². The highest BCUT2D eigenvalue weighted by atomic mass is 32.3. The van der Waals surface area contributed by atoms with E-state index in [9.17, 15) is 5.11 Å². The van der Waals surface area contributed by atoms with Gasteiger partial charge in [-0.3, -0.25) is 0 Å². The third kappa shape index (κ3) is 1.85. The Morgan fingerprint density at radius 1 is 1.00 bits per heavy atom. The van der Waals surface area contributed by atoms with Crippen LogP contribution < -0.4 is 0 Å².